The van der Waals surface area contributed by atoms with Crippen molar-refractivity contribution in [1.82, 2.24) is 19.6 Å². The second-order valence-corrected chi connectivity index (χ2v) is 8.76. The van der Waals surface area contributed by atoms with E-state index >= 15 is 0 Å². The van der Waals surface area contributed by atoms with Crippen LogP contribution < -0.4 is 0 Å². The smallest absolute Gasteiger partial charge is 0.211 e. The Bertz CT molecular complexity index is 1330. The predicted molar refractivity (Wildman–Crippen MR) is 124 cm³/mol. The zero-order valence-electron chi connectivity index (χ0n) is 15.5. The standard InChI is InChI=1S/C22H14Cl4N4/c23-14-5-4-12(18(25)9-14)8-13-2-1-3-17-20(13)29-22-27-11-28-30(22)21(17)16-7-6-15(24)10-19(16)26/h4-11H,1-3H2/b13-8+. The number of nitrogens with zero attached hydrogens (tertiary/aromatic N) is 4. The highest BCUT2D eigenvalue weighted by Gasteiger charge is 2.25. The minimum absolute atomic E-state index is 0.518. The summed E-state index contributed by atoms with van der Waals surface area (Å²) in [6, 6.07) is 11.0. The van der Waals surface area contributed by atoms with Gasteiger partial charge in [0.15, 0.2) is 0 Å². The van der Waals surface area contributed by atoms with Crippen LogP contribution in [0.2, 0.25) is 20.1 Å². The molecular weight excluding hydrogens is 462 g/mol. The van der Waals surface area contributed by atoms with E-state index in [1.165, 1.54) is 6.33 Å². The van der Waals surface area contributed by atoms with E-state index in [1.54, 1.807) is 16.6 Å². The van der Waals surface area contributed by atoms with Crippen molar-refractivity contribution < 1.29 is 0 Å². The molecule has 0 bridgehead atoms. The summed E-state index contributed by atoms with van der Waals surface area (Å²) in [7, 11) is 0. The van der Waals surface area contributed by atoms with E-state index < -0.39 is 0 Å². The Balaban J connectivity index is 1.76. The van der Waals surface area contributed by atoms with E-state index in [2.05, 4.69) is 16.2 Å². The van der Waals surface area contributed by atoms with Gasteiger partial charge in [-0.15, -0.1) is 0 Å². The Morgan fingerprint density at radius 1 is 0.900 bits per heavy atom. The number of allylic oxidation sites excluding steroid dienone is 1. The van der Waals surface area contributed by atoms with Crippen LogP contribution in [-0.2, 0) is 6.42 Å². The molecule has 0 N–H and O–H groups in total. The number of aromatic nitrogens is 4. The number of fused-ring (bicyclic) bond motifs is 2. The Morgan fingerprint density at radius 2 is 1.67 bits per heavy atom. The van der Waals surface area contributed by atoms with Gasteiger partial charge in [-0.2, -0.15) is 14.6 Å². The summed E-state index contributed by atoms with van der Waals surface area (Å²) in [5.41, 5.74) is 5.71. The van der Waals surface area contributed by atoms with Crippen molar-refractivity contribution in [2.45, 2.75) is 19.3 Å². The van der Waals surface area contributed by atoms with Gasteiger partial charge in [-0.1, -0.05) is 52.5 Å². The average molecular weight is 476 g/mol. The lowest BCUT2D eigenvalue weighted by Gasteiger charge is -2.22. The van der Waals surface area contributed by atoms with Crippen LogP contribution in [0.4, 0.5) is 0 Å². The first-order chi connectivity index (χ1) is 14.5. The zero-order valence-corrected chi connectivity index (χ0v) is 18.6. The van der Waals surface area contributed by atoms with Gasteiger partial charge < -0.3 is 0 Å². The van der Waals surface area contributed by atoms with Crippen molar-refractivity contribution in [3.05, 3.63) is 79.6 Å². The van der Waals surface area contributed by atoms with Gasteiger partial charge in [-0.05, 0) is 66.8 Å². The van der Waals surface area contributed by atoms with E-state index in [9.17, 15) is 0 Å². The first kappa shape index (κ1) is 19.8. The summed E-state index contributed by atoms with van der Waals surface area (Å²) >= 11 is 25.1. The topological polar surface area (TPSA) is 43.1 Å². The summed E-state index contributed by atoms with van der Waals surface area (Å²) in [4.78, 5) is 9.15. The molecule has 0 fully saturated rings. The van der Waals surface area contributed by atoms with Crippen LogP contribution in [0.3, 0.4) is 0 Å². The fraction of sp³-hybridized carbons (Fsp3) is 0.136. The highest BCUT2D eigenvalue weighted by Crippen LogP contribution is 2.40. The number of benzene rings is 2. The molecule has 4 aromatic rings. The SMILES string of the molecule is Clc1ccc(/C=C2\CCCc3c2nc2ncnn2c3-c2ccc(Cl)cc2Cl)c(Cl)c1. The van der Waals surface area contributed by atoms with Gasteiger partial charge in [0.05, 0.1) is 16.4 Å². The van der Waals surface area contributed by atoms with Crippen LogP contribution >= 0.6 is 46.4 Å². The third kappa shape index (κ3) is 3.48. The molecular formula is C22H14Cl4N4. The van der Waals surface area contributed by atoms with Gasteiger partial charge in [0, 0.05) is 26.2 Å². The van der Waals surface area contributed by atoms with Gasteiger partial charge in [-0.25, -0.2) is 4.98 Å². The van der Waals surface area contributed by atoms with Crippen molar-refractivity contribution in [2.24, 2.45) is 0 Å². The van der Waals surface area contributed by atoms with Crippen molar-refractivity contribution >= 4 is 63.8 Å². The highest BCUT2D eigenvalue weighted by molar-refractivity contribution is 6.36. The Labute approximate surface area is 193 Å². The molecule has 0 saturated heterocycles. The number of rotatable bonds is 2. The van der Waals surface area contributed by atoms with E-state index in [0.29, 0.717) is 25.9 Å². The third-order valence-electron chi connectivity index (χ3n) is 5.18. The maximum absolute atomic E-state index is 6.56. The molecule has 1 aliphatic carbocycles. The first-order valence-corrected chi connectivity index (χ1v) is 10.9. The molecule has 30 heavy (non-hydrogen) atoms. The van der Waals surface area contributed by atoms with Gasteiger partial charge in [0.1, 0.15) is 6.33 Å². The lowest BCUT2D eigenvalue weighted by Crippen LogP contribution is -2.12. The molecule has 0 spiro atoms. The van der Waals surface area contributed by atoms with Gasteiger partial charge >= 0.3 is 0 Å². The maximum Gasteiger partial charge on any atom is 0.253 e. The van der Waals surface area contributed by atoms with E-state index in [0.717, 1.165) is 52.9 Å². The summed E-state index contributed by atoms with van der Waals surface area (Å²) in [5, 5.41) is 6.75. The van der Waals surface area contributed by atoms with E-state index in [-0.39, 0.29) is 0 Å². The molecule has 4 nitrogen and oxygen atoms in total. The molecule has 5 rings (SSSR count). The van der Waals surface area contributed by atoms with Gasteiger partial charge in [0.2, 0.25) is 0 Å². The molecule has 0 aliphatic heterocycles. The Hall–Kier alpha value is -2.11. The fourth-order valence-corrected chi connectivity index (χ4v) is 4.82. The molecule has 2 aromatic heterocycles. The Morgan fingerprint density at radius 3 is 2.43 bits per heavy atom. The summed E-state index contributed by atoms with van der Waals surface area (Å²) in [6.07, 6.45) is 6.30. The normalized spacial score (nSPS) is 15.0. The molecule has 1 aliphatic rings. The second-order valence-electron chi connectivity index (χ2n) is 7.07. The van der Waals surface area contributed by atoms with Crippen molar-refractivity contribution in [3.8, 4) is 11.3 Å². The lowest BCUT2D eigenvalue weighted by atomic mass is 9.87. The number of hydrogen-bond acceptors (Lipinski definition) is 3. The van der Waals surface area contributed by atoms with Crippen LogP contribution in [0.5, 0.6) is 0 Å². The van der Waals surface area contributed by atoms with Crippen LogP contribution in [0.15, 0.2) is 42.7 Å². The molecule has 2 aromatic carbocycles. The van der Waals surface area contributed by atoms with Crippen molar-refractivity contribution in [3.63, 3.8) is 0 Å². The highest BCUT2D eigenvalue weighted by atomic mass is 35.5. The lowest BCUT2D eigenvalue weighted by molar-refractivity contribution is 0.792. The van der Waals surface area contributed by atoms with Crippen LogP contribution in [0.25, 0.3) is 28.7 Å². The Kier molecular flexibility index (Phi) is 5.19. The summed E-state index contributed by atoms with van der Waals surface area (Å²) in [5.74, 6) is 0.518. The minimum Gasteiger partial charge on any atom is -0.211 e. The van der Waals surface area contributed by atoms with E-state index in [4.69, 9.17) is 51.4 Å². The first-order valence-electron chi connectivity index (χ1n) is 9.35. The second kappa shape index (κ2) is 7.86. The molecule has 0 unspecified atom stereocenters. The molecule has 2 heterocycles. The molecule has 0 amide bonds. The fourth-order valence-electron chi connectivity index (χ4n) is 3.86. The number of hydrogen-bond donors (Lipinski definition) is 0. The third-order valence-corrected chi connectivity index (χ3v) is 6.29. The summed E-state index contributed by atoms with van der Waals surface area (Å²) in [6.45, 7) is 0. The number of halogens is 4. The van der Waals surface area contributed by atoms with Crippen LogP contribution in [0, 0.1) is 0 Å². The van der Waals surface area contributed by atoms with E-state index in [1.807, 2.05) is 24.3 Å². The van der Waals surface area contributed by atoms with Crippen LogP contribution in [-0.4, -0.2) is 19.6 Å². The quantitative estimate of drug-likeness (QED) is 0.306. The largest absolute Gasteiger partial charge is 0.253 e. The molecule has 150 valence electrons. The average Bonchev–Trinajstić information content (AvgIpc) is 3.17. The molecule has 8 heteroatoms. The van der Waals surface area contributed by atoms with Gasteiger partial charge in [0.25, 0.3) is 5.78 Å². The predicted octanol–water partition coefficient (Wildman–Crippen LogP) is 7.28. The van der Waals surface area contributed by atoms with Crippen molar-refractivity contribution in [2.75, 3.05) is 0 Å². The zero-order chi connectivity index (χ0) is 20.8. The summed E-state index contributed by atoms with van der Waals surface area (Å²) < 4.78 is 1.74. The molecule has 0 radical (unpaired) electrons. The van der Waals surface area contributed by atoms with Crippen molar-refractivity contribution in [1.29, 1.82) is 0 Å². The molecule has 0 saturated carbocycles. The molecule has 0 atom stereocenters. The maximum atomic E-state index is 6.56. The minimum atomic E-state index is 0.518. The van der Waals surface area contributed by atoms with Crippen LogP contribution in [0.1, 0.15) is 29.7 Å². The monoisotopic (exact) mass is 474 g/mol. The van der Waals surface area contributed by atoms with Gasteiger partial charge in [-0.3, -0.25) is 0 Å².